The highest BCUT2D eigenvalue weighted by Crippen LogP contribution is 2.40. The van der Waals surface area contributed by atoms with E-state index >= 15 is 0 Å². The number of halogens is 1. The van der Waals surface area contributed by atoms with Crippen molar-refractivity contribution in [1.29, 1.82) is 0 Å². The average molecular weight is 213 g/mol. The molecule has 0 aliphatic heterocycles. The standard InChI is InChI=1S/C10H9ClOS/c1-6-10(12-2)9-7(11)4-3-5-8(9)13-6/h3-5H,1-2H3. The molecule has 68 valence electrons. The Hall–Kier alpha value is -0.730. The van der Waals surface area contributed by atoms with E-state index in [1.807, 2.05) is 19.1 Å². The molecule has 0 unspecified atom stereocenters. The zero-order chi connectivity index (χ0) is 9.42. The number of aryl methyl sites for hydroxylation is 1. The van der Waals surface area contributed by atoms with Crippen molar-refractivity contribution >= 4 is 33.0 Å². The Morgan fingerprint density at radius 1 is 1.38 bits per heavy atom. The molecule has 0 fully saturated rings. The van der Waals surface area contributed by atoms with Crippen LogP contribution in [-0.2, 0) is 0 Å². The summed E-state index contributed by atoms with van der Waals surface area (Å²) >= 11 is 7.79. The molecule has 0 saturated carbocycles. The molecule has 0 spiro atoms. The summed E-state index contributed by atoms with van der Waals surface area (Å²) in [5, 5.41) is 1.80. The molecule has 0 bridgehead atoms. The number of hydrogen-bond donors (Lipinski definition) is 0. The van der Waals surface area contributed by atoms with E-state index in [4.69, 9.17) is 16.3 Å². The number of fused-ring (bicyclic) bond motifs is 1. The van der Waals surface area contributed by atoms with Gasteiger partial charge in [-0.05, 0) is 19.1 Å². The number of hydrogen-bond acceptors (Lipinski definition) is 2. The summed E-state index contributed by atoms with van der Waals surface area (Å²) in [5.74, 6) is 0.908. The van der Waals surface area contributed by atoms with Crippen molar-refractivity contribution in [3.05, 3.63) is 28.1 Å². The first kappa shape index (κ1) is 8.85. The highest BCUT2D eigenvalue weighted by Gasteiger charge is 2.11. The van der Waals surface area contributed by atoms with E-state index < -0.39 is 0 Å². The first-order valence-electron chi connectivity index (χ1n) is 3.95. The summed E-state index contributed by atoms with van der Waals surface area (Å²) in [5.41, 5.74) is 0. The van der Waals surface area contributed by atoms with Gasteiger partial charge in [0.2, 0.25) is 0 Å². The predicted molar refractivity (Wildman–Crippen MR) is 58.1 cm³/mol. The first-order chi connectivity index (χ1) is 6.24. The van der Waals surface area contributed by atoms with Crippen LogP contribution in [0.15, 0.2) is 18.2 Å². The van der Waals surface area contributed by atoms with Crippen molar-refractivity contribution in [2.45, 2.75) is 6.92 Å². The fourth-order valence-electron chi connectivity index (χ4n) is 1.44. The fraction of sp³-hybridized carbons (Fsp3) is 0.200. The highest BCUT2D eigenvalue weighted by molar-refractivity contribution is 7.19. The van der Waals surface area contributed by atoms with Crippen LogP contribution in [0, 0.1) is 6.92 Å². The van der Waals surface area contributed by atoms with E-state index in [0.717, 1.165) is 16.2 Å². The molecular formula is C10H9ClOS. The third-order valence-corrected chi connectivity index (χ3v) is 3.36. The maximum atomic E-state index is 6.08. The van der Waals surface area contributed by atoms with Crippen LogP contribution in [0.1, 0.15) is 4.88 Å². The molecule has 0 amide bonds. The van der Waals surface area contributed by atoms with E-state index in [0.29, 0.717) is 0 Å². The molecule has 0 aliphatic carbocycles. The molecule has 0 atom stereocenters. The lowest BCUT2D eigenvalue weighted by atomic mass is 10.2. The van der Waals surface area contributed by atoms with Crippen LogP contribution in [0.3, 0.4) is 0 Å². The smallest absolute Gasteiger partial charge is 0.141 e. The van der Waals surface area contributed by atoms with Gasteiger partial charge in [0.1, 0.15) is 5.75 Å². The molecule has 3 heteroatoms. The molecule has 1 aromatic carbocycles. The summed E-state index contributed by atoms with van der Waals surface area (Å²) in [6.07, 6.45) is 0. The quantitative estimate of drug-likeness (QED) is 0.697. The third-order valence-electron chi connectivity index (χ3n) is 1.99. The number of thiophene rings is 1. The van der Waals surface area contributed by atoms with E-state index in [1.54, 1.807) is 18.4 Å². The van der Waals surface area contributed by atoms with Gasteiger partial charge in [0.05, 0.1) is 17.5 Å². The van der Waals surface area contributed by atoms with Gasteiger partial charge in [-0.15, -0.1) is 11.3 Å². The Morgan fingerprint density at radius 3 is 2.85 bits per heavy atom. The Kier molecular flexibility index (Phi) is 2.18. The lowest BCUT2D eigenvalue weighted by Crippen LogP contribution is -1.82. The fourth-order valence-corrected chi connectivity index (χ4v) is 2.82. The third kappa shape index (κ3) is 1.30. The van der Waals surface area contributed by atoms with Crippen molar-refractivity contribution in [2.75, 3.05) is 7.11 Å². The molecule has 0 radical (unpaired) electrons. The number of rotatable bonds is 1. The van der Waals surface area contributed by atoms with Crippen LogP contribution < -0.4 is 4.74 Å². The van der Waals surface area contributed by atoms with Gasteiger partial charge in [-0.25, -0.2) is 0 Å². The van der Waals surface area contributed by atoms with Gasteiger partial charge in [-0.1, -0.05) is 17.7 Å². The van der Waals surface area contributed by atoms with E-state index in [-0.39, 0.29) is 0 Å². The highest BCUT2D eigenvalue weighted by atomic mass is 35.5. The first-order valence-corrected chi connectivity index (χ1v) is 5.15. The Balaban J connectivity index is 2.88. The second-order valence-electron chi connectivity index (χ2n) is 2.80. The second kappa shape index (κ2) is 3.20. The van der Waals surface area contributed by atoms with Gasteiger partial charge in [0.25, 0.3) is 0 Å². The summed E-state index contributed by atoms with van der Waals surface area (Å²) in [7, 11) is 1.68. The van der Waals surface area contributed by atoms with Crippen LogP contribution in [-0.4, -0.2) is 7.11 Å². The molecule has 13 heavy (non-hydrogen) atoms. The zero-order valence-electron chi connectivity index (χ0n) is 7.43. The molecule has 1 nitrogen and oxygen atoms in total. The summed E-state index contributed by atoms with van der Waals surface area (Å²) in [4.78, 5) is 1.17. The zero-order valence-corrected chi connectivity index (χ0v) is 9.00. The Bertz CT molecular complexity index is 447. The molecule has 0 aliphatic rings. The maximum Gasteiger partial charge on any atom is 0.141 e. The summed E-state index contributed by atoms with van der Waals surface area (Å²) in [6.45, 7) is 2.04. The molecule has 0 N–H and O–H groups in total. The van der Waals surface area contributed by atoms with Gasteiger partial charge >= 0.3 is 0 Å². The molecule has 1 aromatic heterocycles. The predicted octanol–water partition coefficient (Wildman–Crippen LogP) is 3.87. The molecule has 2 aromatic rings. The van der Waals surface area contributed by atoms with E-state index in [9.17, 15) is 0 Å². The normalized spacial score (nSPS) is 10.7. The molecular weight excluding hydrogens is 204 g/mol. The largest absolute Gasteiger partial charge is 0.495 e. The van der Waals surface area contributed by atoms with E-state index in [1.165, 1.54) is 9.58 Å². The minimum absolute atomic E-state index is 0.763. The Morgan fingerprint density at radius 2 is 2.15 bits per heavy atom. The van der Waals surface area contributed by atoms with Crippen LogP contribution >= 0.6 is 22.9 Å². The van der Waals surface area contributed by atoms with Crippen LogP contribution in [0.2, 0.25) is 5.02 Å². The molecule has 0 saturated heterocycles. The topological polar surface area (TPSA) is 9.23 Å². The number of benzene rings is 1. The molecule has 1 heterocycles. The average Bonchev–Trinajstić information content (AvgIpc) is 2.42. The summed E-state index contributed by atoms with van der Waals surface area (Å²) < 4.78 is 6.49. The van der Waals surface area contributed by atoms with Crippen molar-refractivity contribution in [3.63, 3.8) is 0 Å². The maximum absolute atomic E-state index is 6.08. The lowest BCUT2D eigenvalue weighted by Gasteiger charge is -1.99. The minimum atomic E-state index is 0.763. The Labute approximate surface area is 85.9 Å². The van der Waals surface area contributed by atoms with Crippen molar-refractivity contribution in [2.24, 2.45) is 0 Å². The van der Waals surface area contributed by atoms with Crippen molar-refractivity contribution in [3.8, 4) is 5.75 Å². The van der Waals surface area contributed by atoms with Gasteiger partial charge < -0.3 is 4.74 Å². The van der Waals surface area contributed by atoms with E-state index in [2.05, 4.69) is 6.07 Å². The minimum Gasteiger partial charge on any atom is -0.495 e. The van der Waals surface area contributed by atoms with Gasteiger partial charge in [-0.2, -0.15) is 0 Å². The second-order valence-corrected chi connectivity index (χ2v) is 4.47. The SMILES string of the molecule is COc1c(C)sc2cccc(Cl)c12. The number of methoxy groups -OCH3 is 1. The summed E-state index contributed by atoms with van der Waals surface area (Å²) in [6, 6.07) is 5.90. The van der Waals surface area contributed by atoms with Gasteiger partial charge in [-0.3, -0.25) is 0 Å². The number of ether oxygens (including phenoxy) is 1. The lowest BCUT2D eigenvalue weighted by molar-refractivity contribution is 0.419. The van der Waals surface area contributed by atoms with Crippen molar-refractivity contribution < 1.29 is 4.74 Å². The van der Waals surface area contributed by atoms with Gasteiger partial charge in [0.15, 0.2) is 0 Å². The van der Waals surface area contributed by atoms with Crippen molar-refractivity contribution in [1.82, 2.24) is 0 Å². The van der Waals surface area contributed by atoms with Crippen LogP contribution in [0.5, 0.6) is 5.75 Å². The van der Waals surface area contributed by atoms with Gasteiger partial charge in [0, 0.05) is 9.58 Å². The van der Waals surface area contributed by atoms with Crippen LogP contribution in [0.4, 0.5) is 0 Å². The van der Waals surface area contributed by atoms with Crippen LogP contribution in [0.25, 0.3) is 10.1 Å². The molecule has 2 rings (SSSR count). The monoisotopic (exact) mass is 212 g/mol.